The van der Waals surface area contributed by atoms with Crippen LogP contribution in [0, 0.1) is 6.92 Å². The van der Waals surface area contributed by atoms with Gasteiger partial charge in [0.1, 0.15) is 5.75 Å². The van der Waals surface area contributed by atoms with Crippen LogP contribution in [0.25, 0.3) is 0 Å². The molecule has 0 aromatic heterocycles. The number of nitrogens with zero attached hydrogens (tertiary/aromatic N) is 1. The van der Waals surface area contributed by atoms with E-state index in [-0.39, 0.29) is 35.9 Å². The van der Waals surface area contributed by atoms with Gasteiger partial charge in [0.15, 0.2) is 5.96 Å². The summed E-state index contributed by atoms with van der Waals surface area (Å²) in [6.45, 7) is 7.40. The van der Waals surface area contributed by atoms with Crippen molar-refractivity contribution in [2.24, 2.45) is 4.99 Å². The Hall–Kier alpha value is -1.51. The van der Waals surface area contributed by atoms with Gasteiger partial charge in [-0.15, -0.1) is 24.0 Å². The van der Waals surface area contributed by atoms with Crippen LogP contribution in [0.15, 0.2) is 23.2 Å². The number of guanidine groups is 1. The summed E-state index contributed by atoms with van der Waals surface area (Å²) in [4.78, 5) is 15.9. The first kappa shape index (κ1) is 24.5. The van der Waals surface area contributed by atoms with Gasteiger partial charge in [0.25, 0.3) is 0 Å². The largest absolute Gasteiger partial charge is 0.496 e. The van der Waals surface area contributed by atoms with Crippen molar-refractivity contribution in [3.05, 3.63) is 29.3 Å². The molecule has 6 nitrogen and oxygen atoms in total. The molecule has 0 fully saturated rings. The van der Waals surface area contributed by atoms with Crippen molar-refractivity contribution in [3.63, 3.8) is 0 Å². The fraction of sp³-hybridized carbons (Fsp3) is 0.579. The Kier molecular flexibility index (Phi) is 12.9. The number of halogens is 1. The third-order valence-electron chi connectivity index (χ3n) is 4.07. The molecule has 0 aliphatic rings. The number of amides is 1. The number of ether oxygens (including phenoxy) is 1. The third-order valence-corrected chi connectivity index (χ3v) is 4.07. The number of aliphatic imine (C=N–C) groups is 1. The van der Waals surface area contributed by atoms with Crippen LogP contribution in [0.3, 0.4) is 0 Å². The van der Waals surface area contributed by atoms with Crippen LogP contribution < -0.4 is 20.7 Å². The highest BCUT2D eigenvalue weighted by molar-refractivity contribution is 14.0. The lowest BCUT2D eigenvalue weighted by atomic mass is 10.1. The smallest absolute Gasteiger partial charge is 0.221 e. The Bertz CT molecular complexity index is 579. The molecule has 7 heteroatoms. The number of carbonyl (C=O) groups excluding carboxylic acids is 1. The molecule has 0 radical (unpaired) electrons. The van der Waals surface area contributed by atoms with E-state index in [1.54, 1.807) is 14.2 Å². The normalized spacial score (nSPS) is 12.0. The van der Waals surface area contributed by atoms with Crippen LogP contribution >= 0.6 is 24.0 Å². The summed E-state index contributed by atoms with van der Waals surface area (Å²) in [5.41, 5.74) is 2.34. The molecule has 1 rings (SSSR count). The number of rotatable bonds is 9. The molecule has 1 aromatic rings. The summed E-state index contributed by atoms with van der Waals surface area (Å²) >= 11 is 0. The zero-order valence-corrected chi connectivity index (χ0v) is 18.8. The predicted molar refractivity (Wildman–Crippen MR) is 119 cm³/mol. The molecule has 0 saturated carbocycles. The van der Waals surface area contributed by atoms with Crippen LogP contribution in [-0.4, -0.2) is 45.2 Å². The Morgan fingerprint density at radius 3 is 2.58 bits per heavy atom. The topological polar surface area (TPSA) is 74.8 Å². The highest BCUT2D eigenvalue weighted by atomic mass is 127. The van der Waals surface area contributed by atoms with Crippen molar-refractivity contribution in [3.8, 4) is 5.75 Å². The molecule has 1 atom stereocenters. The Balaban J connectivity index is 0.00000625. The first-order valence-corrected chi connectivity index (χ1v) is 8.87. The fourth-order valence-corrected chi connectivity index (χ4v) is 2.31. The molecule has 0 heterocycles. The zero-order valence-electron chi connectivity index (χ0n) is 16.5. The molecule has 1 unspecified atom stereocenters. The molecule has 0 aliphatic heterocycles. The maximum atomic E-state index is 11.7. The van der Waals surface area contributed by atoms with Crippen LogP contribution in [-0.2, 0) is 11.2 Å². The summed E-state index contributed by atoms with van der Waals surface area (Å²) in [7, 11) is 3.41. The zero-order chi connectivity index (χ0) is 18.7. The van der Waals surface area contributed by atoms with Crippen molar-refractivity contribution in [1.29, 1.82) is 0 Å². The first-order valence-electron chi connectivity index (χ1n) is 8.87. The van der Waals surface area contributed by atoms with E-state index in [4.69, 9.17) is 4.74 Å². The van der Waals surface area contributed by atoms with Gasteiger partial charge >= 0.3 is 0 Å². The van der Waals surface area contributed by atoms with Gasteiger partial charge in [-0.1, -0.05) is 19.1 Å². The number of methoxy groups -OCH3 is 1. The highest BCUT2D eigenvalue weighted by Crippen LogP contribution is 2.18. The lowest BCUT2D eigenvalue weighted by Crippen LogP contribution is -2.41. The van der Waals surface area contributed by atoms with E-state index in [1.807, 2.05) is 13.8 Å². The van der Waals surface area contributed by atoms with Gasteiger partial charge in [0, 0.05) is 32.6 Å². The van der Waals surface area contributed by atoms with Crippen molar-refractivity contribution in [2.75, 3.05) is 27.2 Å². The average molecular weight is 476 g/mol. The van der Waals surface area contributed by atoms with Gasteiger partial charge in [0.2, 0.25) is 5.91 Å². The van der Waals surface area contributed by atoms with E-state index in [2.05, 4.69) is 46.1 Å². The fourth-order valence-electron chi connectivity index (χ4n) is 2.31. The number of nitrogens with one attached hydrogen (secondary N) is 3. The first-order chi connectivity index (χ1) is 12.0. The number of carbonyl (C=O) groups is 1. The summed E-state index contributed by atoms with van der Waals surface area (Å²) in [5, 5.41) is 9.38. The molecule has 3 N–H and O–H groups in total. The van der Waals surface area contributed by atoms with Gasteiger partial charge in [-0.25, -0.2) is 0 Å². The average Bonchev–Trinajstić information content (AvgIpc) is 2.61. The lowest BCUT2D eigenvalue weighted by molar-refractivity contribution is -0.121. The molecule has 148 valence electrons. The minimum atomic E-state index is 0. The summed E-state index contributed by atoms with van der Waals surface area (Å²) < 4.78 is 5.35. The van der Waals surface area contributed by atoms with Crippen LogP contribution in [0.4, 0.5) is 0 Å². The third kappa shape index (κ3) is 9.26. The van der Waals surface area contributed by atoms with Crippen LogP contribution in [0.1, 0.15) is 37.8 Å². The van der Waals surface area contributed by atoms with E-state index in [0.717, 1.165) is 30.7 Å². The Morgan fingerprint density at radius 1 is 1.27 bits per heavy atom. The minimum absolute atomic E-state index is 0. The molecule has 0 bridgehead atoms. The monoisotopic (exact) mass is 476 g/mol. The van der Waals surface area contributed by atoms with Crippen LogP contribution in [0.5, 0.6) is 5.75 Å². The van der Waals surface area contributed by atoms with Gasteiger partial charge in [-0.2, -0.15) is 0 Å². The molecule has 0 spiro atoms. The maximum Gasteiger partial charge on any atom is 0.221 e. The van der Waals surface area contributed by atoms with Crippen molar-refractivity contribution < 1.29 is 9.53 Å². The van der Waals surface area contributed by atoms with Gasteiger partial charge in [-0.05, 0) is 43.9 Å². The van der Waals surface area contributed by atoms with Crippen molar-refractivity contribution in [1.82, 2.24) is 16.0 Å². The van der Waals surface area contributed by atoms with Crippen molar-refractivity contribution >= 4 is 35.8 Å². The number of hydrogen-bond acceptors (Lipinski definition) is 3. The molecule has 26 heavy (non-hydrogen) atoms. The lowest BCUT2D eigenvalue weighted by Gasteiger charge is -2.14. The summed E-state index contributed by atoms with van der Waals surface area (Å²) in [6, 6.07) is 6.45. The summed E-state index contributed by atoms with van der Waals surface area (Å²) in [5.74, 6) is 1.67. The van der Waals surface area contributed by atoms with Gasteiger partial charge in [-0.3, -0.25) is 9.79 Å². The quantitative estimate of drug-likeness (QED) is 0.291. The molecular formula is C19H33IN4O2. The molecule has 1 amide bonds. The molecule has 0 saturated heterocycles. The summed E-state index contributed by atoms with van der Waals surface area (Å²) in [6.07, 6.45) is 2.23. The number of hydrogen-bond donors (Lipinski definition) is 3. The number of benzene rings is 1. The van der Waals surface area contributed by atoms with Crippen LogP contribution in [0.2, 0.25) is 0 Å². The molecule has 0 aliphatic carbocycles. The molecular weight excluding hydrogens is 443 g/mol. The highest BCUT2D eigenvalue weighted by Gasteiger charge is 2.06. The predicted octanol–water partition coefficient (Wildman–Crippen LogP) is 2.63. The van der Waals surface area contributed by atoms with Gasteiger partial charge < -0.3 is 20.7 Å². The Labute approximate surface area is 174 Å². The van der Waals surface area contributed by atoms with E-state index >= 15 is 0 Å². The Morgan fingerprint density at radius 2 is 1.96 bits per heavy atom. The second-order valence-corrected chi connectivity index (χ2v) is 6.11. The van der Waals surface area contributed by atoms with E-state index in [9.17, 15) is 4.79 Å². The minimum Gasteiger partial charge on any atom is -0.496 e. The van der Waals surface area contributed by atoms with E-state index < -0.39 is 0 Å². The van der Waals surface area contributed by atoms with E-state index in [1.165, 1.54) is 5.56 Å². The standard InChI is InChI=1S/C19H32N4O2.HI/c1-6-15(3)23-18(24)10-12-22-19(20-4)21-11-9-16-8-7-14(2)17(13-16)25-5;/h7-8,13,15H,6,9-12H2,1-5H3,(H,23,24)(H2,20,21,22);1H. The second kappa shape index (κ2) is 13.7. The second-order valence-electron chi connectivity index (χ2n) is 6.11. The van der Waals surface area contributed by atoms with Gasteiger partial charge in [0.05, 0.1) is 7.11 Å². The SMILES string of the molecule is CCC(C)NC(=O)CCNC(=NC)NCCc1ccc(C)c(OC)c1.I. The maximum absolute atomic E-state index is 11.7. The number of aryl methyl sites for hydroxylation is 1. The molecule has 1 aromatic carbocycles. The van der Waals surface area contributed by atoms with E-state index in [0.29, 0.717) is 18.9 Å². The van der Waals surface area contributed by atoms with Crippen molar-refractivity contribution in [2.45, 2.75) is 46.1 Å².